The van der Waals surface area contributed by atoms with Crippen LogP contribution in [0.1, 0.15) is 0 Å². The van der Waals surface area contributed by atoms with Crippen molar-refractivity contribution in [2.24, 2.45) is 0 Å². The summed E-state index contributed by atoms with van der Waals surface area (Å²) in [6.45, 7) is 0. The third-order valence-electron chi connectivity index (χ3n) is 11.8. The van der Waals surface area contributed by atoms with Crippen LogP contribution < -0.4 is 4.74 Å². The lowest BCUT2D eigenvalue weighted by molar-refractivity contribution is 0.454. The van der Waals surface area contributed by atoms with Gasteiger partial charge in [0.15, 0.2) is 23.3 Å². The summed E-state index contributed by atoms with van der Waals surface area (Å²) in [6.07, 6.45) is 0. The highest BCUT2D eigenvalue weighted by atomic mass is 32.2. The van der Waals surface area contributed by atoms with Crippen molar-refractivity contribution in [2.75, 3.05) is 0 Å². The van der Waals surface area contributed by atoms with Crippen LogP contribution in [0.2, 0.25) is 0 Å². The van der Waals surface area contributed by atoms with Crippen LogP contribution in [-0.2, 0) is 0 Å². The molecule has 0 fully saturated rings. The van der Waals surface area contributed by atoms with Crippen molar-refractivity contribution < 1.29 is 4.74 Å². The smallest absolute Gasteiger partial charge is 0.164 e. The largest absolute Gasteiger partial charge is 0.455 e. The molecule has 0 bridgehead atoms. The Labute approximate surface area is 386 Å². The molecule has 0 unspecified atom stereocenters. The molecule has 1 aliphatic rings. The first kappa shape index (κ1) is 39.1. The Hall–Kier alpha value is -8.52. The molecule has 0 saturated heterocycles. The summed E-state index contributed by atoms with van der Waals surface area (Å²) in [6, 6.07) is 77.0. The van der Waals surface area contributed by atoms with Gasteiger partial charge in [0, 0.05) is 33.4 Å². The number of rotatable bonds is 8. The number of benzene rings is 9. The van der Waals surface area contributed by atoms with Gasteiger partial charge in [-0.25, -0.2) is 24.9 Å². The van der Waals surface area contributed by atoms with Crippen LogP contribution in [0.4, 0.5) is 0 Å². The van der Waals surface area contributed by atoms with E-state index >= 15 is 0 Å². The van der Waals surface area contributed by atoms with Crippen LogP contribution in [0.25, 0.3) is 101 Å². The molecule has 310 valence electrons. The van der Waals surface area contributed by atoms with E-state index in [0.717, 1.165) is 99.1 Å². The van der Waals surface area contributed by atoms with Gasteiger partial charge in [-0.1, -0.05) is 188 Å². The zero-order valence-corrected chi connectivity index (χ0v) is 36.2. The Bertz CT molecular complexity index is 3600. The third-order valence-corrected chi connectivity index (χ3v) is 12.9. The lowest BCUT2D eigenvalue weighted by Crippen LogP contribution is -2.02. The fraction of sp³-hybridized carbons (Fsp3) is 0. The number of para-hydroxylation sites is 1. The average Bonchev–Trinajstić information content (AvgIpc) is 3.40. The first-order valence-electron chi connectivity index (χ1n) is 21.8. The van der Waals surface area contributed by atoms with E-state index in [1.165, 1.54) is 0 Å². The Kier molecular flexibility index (Phi) is 10.0. The van der Waals surface area contributed by atoms with Crippen molar-refractivity contribution in [1.29, 1.82) is 0 Å². The molecule has 0 radical (unpaired) electrons. The average molecular weight is 864 g/mol. The molecule has 0 amide bonds. The Morgan fingerprint density at radius 3 is 1.61 bits per heavy atom. The van der Waals surface area contributed by atoms with Gasteiger partial charge in [0.05, 0.1) is 21.2 Å². The van der Waals surface area contributed by atoms with E-state index in [-0.39, 0.29) is 0 Å². The van der Waals surface area contributed by atoms with Crippen molar-refractivity contribution >= 4 is 22.5 Å². The van der Waals surface area contributed by atoms with Crippen LogP contribution in [0, 0.1) is 0 Å². The molecule has 11 aromatic rings. The maximum absolute atomic E-state index is 6.38. The molecule has 3 heterocycles. The molecule has 9 aromatic carbocycles. The fourth-order valence-corrected chi connectivity index (χ4v) is 9.45. The molecular weight excluding hydrogens is 827 g/mol. The minimum absolute atomic E-state index is 0.542. The summed E-state index contributed by atoms with van der Waals surface area (Å²) in [7, 11) is 0. The van der Waals surface area contributed by atoms with Gasteiger partial charge in [-0.3, -0.25) is 0 Å². The fourth-order valence-electron chi connectivity index (χ4n) is 8.46. The highest BCUT2D eigenvalue weighted by Gasteiger charge is 2.22. The Balaban J connectivity index is 1.07. The van der Waals surface area contributed by atoms with Gasteiger partial charge < -0.3 is 4.74 Å². The van der Waals surface area contributed by atoms with Gasteiger partial charge in [-0.15, -0.1) is 0 Å². The summed E-state index contributed by atoms with van der Waals surface area (Å²) in [4.78, 5) is 28.4. The van der Waals surface area contributed by atoms with Gasteiger partial charge in [0.2, 0.25) is 0 Å². The van der Waals surface area contributed by atoms with E-state index in [1.807, 2.05) is 72.8 Å². The van der Waals surface area contributed by atoms with Gasteiger partial charge in [0.1, 0.15) is 11.5 Å². The van der Waals surface area contributed by atoms with Crippen molar-refractivity contribution in [1.82, 2.24) is 24.9 Å². The Morgan fingerprint density at radius 2 is 0.833 bits per heavy atom. The molecule has 1 aliphatic heterocycles. The number of nitrogens with zero attached hydrogens (tertiary/aromatic N) is 5. The third kappa shape index (κ3) is 7.67. The minimum Gasteiger partial charge on any atom is -0.455 e. The number of hydrogen-bond acceptors (Lipinski definition) is 7. The monoisotopic (exact) mass is 863 g/mol. The van der Waals surface area contributed by atoms with Crippen molar-refractivity contribution in [3.8, 4) is 102 Å². The lowest BCUT2D eigenvalue weighted by atomic mass is 9.95. The Morgan fingerprint density at radius 1 is 0.273 bits per heavy atom. The maximum atomic E-state index is 6.38. The molecule has 0 spiro atoms. The van der Waals surface area contributed by atoms with Crippen molar-refractivity contribution in [3.05, 3.63) is 224 Å². The normalized spacial score (nSPS) is 11.7. The van der Waals surface area contributed by atoms with E-state index in [9.17, 15) is 0 Å². The molecule has 66 heavy (non-hydrogen) atoms. The zero-order chi connectivity index (χ0) is 43.8. The van der Waals surface area contributed by atoms with Gasteiger partial charge >= 0.3 is 0 Å². The van der Waals surface area contributed by atoms with E-state index in [2.05, 4.69) is 152 Å². The van der Waals surface area contributed by atoms with Crippen molar-refractivity contribution in [3.63, 3.8) is 0 Å². The highest BCUT2D eigenvalue weighted by Crippen LogP contribution is 2.49. The number of ether oxygens (including phenoxy) is 1. The van der Waals surface area contributed by atoms with E-state index in [1.54, 1.807) is 11.8 Å². The van der Waals surface area contributed by atoms with Gasteiger partial charge in [-0.05, 0) is 81.6 Å². The topological polar surface area (TPSA) is 73.7 Å². The maximum Gasteiger partial charge on any atom is 0.164 e. The van der Waals surface area contributed by atoms with Crippen LogP contribution in [-0.4, -0.2) is 24.9 Å². The first-order valence-corrected chi connectivity index (χ1v) is 22.6. The lowest BCUT2D eigenvalue weighted by Gasteiger charge is -2.21. The predicted molar refractivity (Wildman–Crippen MR) is 267 cm³/mol. The molecule has 2 aromatic heterocycles. The second-order valence-electron chi connectivity index (χ2n) is 16.1. The summed E-state index contributed by atoms with van der Waals surface area (Å²) >= 11 is 1.71. The summed E-state index contributed by atoms with van der Waals surface area (Å²) in [5.41, 5.74) is 11.3. The molecule has 0 aliphatic carbocycles. The van der Waals surface area contributed by atoms with Crippen LogP contribution in [0.15, 0.2) is 234 Å². The van der Waals surface area contributed by atoms with E-state index in [0.29, 0.717) is 23.3 Å². The summed E-state index contributed by atoms with van der Waals surface area (Å²) in [5.74, 6) is 3.98. The van der Waals surface area contributed by atoms with E-state index in [4.69, 9.17) is 29.7 Å². The minimum atomic E-state index is 0.542. The summed E-state index contributed by atoms with van der Waals surface area (Å²) in [5, 5.41) is 2.27. The second kappa shape index (κ2) is 16.9. The van der Waals surface area contributed by atoms with Crippen LogP contribution in [0.3, 0.4) is 0 Å². The highest BCUT2D eigenvalue weighted by molar-refractivity contribution is 7.99. The first-order chi connectivity index (χ1) is 32.6. The predicted octanol–water partition coefficient (Wildman–Crippen LogP) is 15.4. The molecule has 6 nitrogen and oxygen atoms in total. The molecule has 0 N–H and O–H groups in total. The van der Waals surface area contributed by atoms with E-state index < -0.39 is 0 Å². The summed E-state index contributed by atoms with van der Waals surface area (Å²) < 4.78 is 6.38. The number of hydrogen-bond donors (Lipinski definition) is 0. The standard InChI is InChI=1S/C59H37N5OS/c1-4-15-38(16-5-1)43-23-14-24-45(33-43)51-37-50(40-18-6-2-7-19-40)60-59(61-51)49-35-47(29-31-48(49)44-30-32-53-55(36-44)66-54-26-13-12-25-52(54)65-53)58-63-56(41-20-8-3-9-21-41)62-57(64-58)46-28-27-39-17-10-11-22-42(39)34-46/h1-37H. The molecule has 12 rings (SSSR count). The van der Waals surface area contributed by atoms with Gasteiger partial charge in [-0.2, -0.15) is 0 Å². The van der Waals surface area contributed by atoms with Crippen LogP contribution in [0.5, 0.6) is 11.5 Å². The van der Waals surface area contributed by atoms with Gasteiger partial charge in [0.25, 0.3) is 0 Å². The molecular formula is C59H37N5OS. The molecule has 0 atom stereocenters. The SMILES string of the molecule is c1ccc(-c2cccc(-c3cc(-c4ccccc4)nc(-c4cc(-c5nc(-c6ccccc6)nc(-c6ccc7ccccc7c6)n5)ccc4-c4ccc5c(c4)Sc4ccccc4O5)n3)c2)cc1. The molecule has 7 heteroatoms. The van der Waals surface area contributed by atoms with Crippen molar-refractivity contribution in [2.45, 2.75) is 9.79 Å². The number of aromatic nitrogens is 5. The van der Waals surface area contributed by atoms with Crippen LogP contribution >= 0.6 is 11.8 Å². The zero-order valence-electron chi connectivity index (χ0n) is 35.4. The number of fused-ring (bicyclic) bond motifs is 3. The second-order valence-corrected chi connectivity index (χ2v) is 17.2. The quantitative estimate of drug-likeness (QED) is 0.151. The molecule has 0 saturated carbocycles.